The van der Waals surface area contributed by atoms with Crippen molar-refractivity contribution in [1.82, 2.24) is 9.47 Å². The average molecular weight is 409 g/mol. The maximum absolute atomic E-state index is 12.9. The number of nitrogens with zero attached hydrogens (tertiary/aromatic N) is 2. The van der Waals surface area contributed by atoms with Crippen molar-refractivity contribution < 1.29 is 5.11 Å². The largest absolute Gasteiger partial charge is 0.390 e. The number of hydrogen-bond acceptors (Lipinski definition) is 3. The number of rotatable bonds is 10. The quantitative estimate of drug-likeness (QED) is 0.485. The zero-order valence-electron chi connectivity index (χ0n) is 18.8. The molecule has 1 N–H and O–H groups in total. The minimum Gasteiger partial charge on any atom is -0.390 e. The second kappa shape index (κ2) is 10.2. The van der Waals surface area contributed by atoms with E-state index in [9.17, 15) is 9.90 Å². The smallest absolute Gasteiger partial charge is 0.197 e. The number of fused-ring (bicyclic) bond motifs is 2. The van der Waals surface area contributed by atoms with Crippen LogP contribution < -0.4 is 5.43 Å². The van der Waals surface area contributed by atoms with Crippen LogP contribution in [-0.4, -0.2) is 40.3 Å². The van der Waals surface area contributed by atoms with Crippen LogP contribution in [0, 0.1) is 11.8 Å². The molecule has 0 amide bonds. The Hall–Kier alpha value is -2.17. The Labute approximate surface area is 180 Å². The minimum atomic E-state index is -0.501. The molecule has 0 saturated heterocycles. The Kier molecular flexibility index (Phi) is 7.68. The second-order valence-electron chi connectivity index (χ2n) is 9.29. The molecule has 0 bridgehead atoms. The van der Waals surface area contributed by atoms with Gasteiger partial charge in [0.2, 0.25) is 0 Å². The van der Waals surface area contributed by atoms with Gasteiger partial charge in [-0.3, -0.25) is 4.79 Å². The average Bonchev–Trinajstić information content (AvgIpc) is 2.73. The highest BCUT2D eigenvalue weighted by molar-refractivity contribution is 5.93. The number of benzene rings is 2. The molecule has 162 valence electrons. The molecule has 1 aromatic heterocycles. The molecule has 0 aliphatic rings. The van der Waals surface area contributed by atoms with E-state index < -0.39 is 6.10 Å². The van der Waals surface area contributed by atoms with E-state index in [2.05, 4.69) is 37.2 Å². The first-order valence-corrected chi connectivity index (χ1v) is 11.3. The van der Waals surface area contributed by atoms with Crippen LogP contribution in [0.1, 0.15) is 40.5 Å². The third kappa shape index (κ3) is 5.50. The Morgan fingerprint density at radius 1 is 0.833 bits per heavy atom. The normalized spacial score (nSPS) is 13.2. The van der Waals surface area contributed by atoms with Crippen molar-refractivity contribution in [3.05, 3.63) is 58.8 Å². The Bertz CT molecular complexity index is 950. The standard InChI is InChI=1S/C26H36N2O2/c1-19(2)13-15-27(16-14-20(3)4)17-21(29)18-28-24-11-7-5-9-22(24)26(30)23-10-6-8-12-25(23)28/h5-12,19-21,29H,13-18H2,1-4H3/t21-/m0/s1. The number of aromatic nitrogens is 1. The molecule has 30 heavy (non-hydrogen) atoms. The number of pyridine rings is 1. The molecule has 4 nitrogen and oxygen atoms in total. The van der Waals surface area contributed by atoms with Crippen molar-refractivity contribution in [2.24, 2.45) is 11.8 Å². The Morgan fingerprint density at radius 2 is 1.30 bits per heavy atom. The summed E-state index contributed by atoms with van der Waals surface area (Å²) in [5.74, 6) is 1.30. The van der Waals surface area contributed by atoms with Crippen LogP contribution in [-0.2, 0) is 6.54 Å². The van der Waals surface area contributed by atoms with Gasteiger partial charge in [0.15, 0.2) is 5.43 Å². The lowest BCUT2D eigenvalue weighted by Gasteiger charge is -2.27. The molecule has 0 radical (unpaired) electrons. The Balaban J connectivity index is 1.88. The van der Waals surface area contributed by atoms with Crippen LogP contribution in [0.5, 0.6) is 0 Å². The predicted molar refractivity (Wildman–Crippen MR) is 127 cm³/mol. The van der Waals surface area contributed by atoms with E-state index in [0.29, 0.717) is 35.7 Å². The maximum Gasteiger partial charge on any atom is 0.197 e. The van der Waals surface area contributed by atoms with Crippen LogP contribution in [0.15, 0.2) is 53.3 Å². The number of para-hydroxylation sites is 2. The van der Waals surface area contributed by atoms with Gasteiger partial charge < -0.3 is 14.6 Å². The van der Waals surface area contributed by atoms with Gasteiger partial charge in [0, 0.05) is 17.3 Å². The third-order valence-corrected chi connectivity index (χ3v) is 5.79. The molecule has 1 heterocycles. The van der Waals surface area contributed by atoms with E-state index in [-0.39, 0.29) is 5.43 Å². The lowest BCUT2D eigenvalue weighted by atomic mass is 10.1. The van der Waals surface area contributed by atoms with E-state index >= 15 is 0 Å². The molecular formula is C26H36N2O2. The van der Waals surface area contributed by atoms with Gasteiger partial charge in [-0.1, -0.05) is 52.0 Å². The molecular weight excluding hydrogens is 372 g/mol. The van der Waals surface area contributed by atoms with Crippen molar-refractivity contribution in [3.8, 4) is 0 Å². The molecule has 0 spiro atoms. The summed E-state index contributed by atoms with van der Waals surface area (Å²) in [6.45, 7) is 12.1. The molecule has 1 atom stereocenters. The van der Waals surface area contributed by atoms with Crippen LogP contribution in [0.3, 0.4) is 0 Å². The fourth-order valence-electron chi connectivity index (χ4n) is 4.02. The summed E-state index contributed by atoms with van der Waals surface area (Å²) in [6.07, 6.45) is 1.77. The van der Waals surface area contributed by atoms with Crippen LogP contribution >= 0.6 is 0 Å². The second-order valence-corrected chi connectivity index (χ2v) is 9.29. The van der Waals surface area contributed by atoms with E-state index in [1.54, 1.807) is 0 Å². The van der Waals surface area contributed by atoms with Crippen molar-refractivity contribution >= 4 is 21.8 Å². The summed E-state index contributed by atoms with van der Waals surface area (Å²) in [5, 5.41) is 12.5. The minimum absolute atomic E-state index is 0.0578. The molecule has 3 rings (SSSR count). The first-order valence-electron chi connectivity index (χ1n) is 11.3. The predicted octanol–water partition coefficient (Wildman–Crippen LogP) is 4.91. The van der Waals surface area contributed by atoms with Gasteiger partial charge in [-0.2, -0.15) is 0 Å². The molecule has 0 fully saturated rings. The van der Waals surface area contributed by atoms with Crippen molar-refractivity contribution in [2.75, 3.05) is 19.6 Å². The van der Waals surface area contributed by atoms with E-state index in [0.717, 1.165) is 37.0 Å². The molecule has 0 aliphatic carbocycles. The van der Waals surface area contributed by atoms with Gasteiger partial charge in [-0.15, -0.1) is 0 Å². The van der Waals surface area contributed by atoms with Gasteiger partial charge in [-0.25, -0.2) is 0 Å². The lowest BCUT2D eigenvalue weighted by Crippen LogP contribution is -2.37. The molecule has 0 unspecified atom stereocenters. The molecule has 3 aromatic rings. The van der Waals surface area contributed by atoms with Gasteiger partial charge in [-0.05, 0) is 62.0 Å². The highest BCUT2D eigenvalue weighted by Crippen LogP contribution is 2.20. The van der Waals surface area contributed by atoms with Crippen LogP contribution in [0.25, 0.3) is 21.8 Å². The number of aliphatic hydroxyl groups excluding tert-OH is 1. The molecule has 0 saturated carbocycles. The maximum atomic E-state index is 12.9. The van der Waals surface area contributed by atoms with Crippen molar-refractivity contribution in [3.63, 3.8) is 0 Å². The molecule has 2 aromatic carbocycles. The van der Waals surface area contributed by atoms with Gasteiger partial charge in [0.25, 0.3) is 0 Å². The van der Waals surface area contributed by atoms with Crippen LogP contribution in [0.2, 0.25) is 0 Å². The summed E-state index contributed by atoms with van der Waals surface area (Å²) in [4.78, 5) is 15.3. The summed E-state index contributed by atoms with van der Waals surface area (Å²) in [5.41, 5.74) is 1.83. The van der Waals surface area contributed by atoms with E-state index in [1.165, 1.54) is 0 Å². The Morgan fingerprint density at radius 3 is 1.77 bits per heavy atom. The highest BCUT2D eigenvalue weighted by Gasteiger charge is 2.17. The number of hydrogen-bond donors (Lipinski definition) is 1. The summed E-state index contributed by atoms with van der Waals surface area (Å²) in [6, 6.07) is 15.4. The van der Waals surface area contributed by atoms with Gasteiger partial charge in [0.1, 0.15) is 0 Å². The van der Waals surface area contributed by atoms with Crippen LogP contribution in [0.4, 0.5) is 0 Å². The first kappa shape index (κ1) is 22.5. The van der Waals surface area contributed by atoms with Gasteiger partial charge >= 0.3 is 0 Å². The lowest BCUT2D eigenvalue weighted by molar-refractivity contribution is 0.0946. The van der Waals surface area contributed by atoms with E-state index in [4.69, 9.17) is 0 Å². The SMILES string of the molecule is CC(C)CCN(CCC(C)C)C[C@H](O)Cn1c2ccccc2c(=O)c2ccccc21. The topological polar surface area (TPSA) is 45.5 Å². The van der Waals surface area contributed by atoms with Gasteiger partial charge in [0.05, 0.1) is 23.7 Å². The fourth-order valence-corrected chi connectivity index (χ4v) is 4.02. The van der Waals surface area contributed by atoms with E-state index in [1.807, 2.05) is 48.5 Å². The molecule has 0 aliphatic heterocycles. The highest BCUT2D eigenvalue weighted by atomic mass is 16.3. The molecule has 4 heteroatoms. The monoisotopic (exact) mass is 408 g/mol. The van der Waals surface area contributed by atoms with Crippen molar-refractivity contribution in [2.45, 2.75) is 53.2 Å². The van der Waals surface area contributed by atoms with Crippen molar-refractivity contribution in [1.29, 1.82) is 0 Å². The third-order valence-electron chi connectivity index (χ3n) is 5.79. The zero-order chi connectivity index (χ0) is 21.7. The summed E-state index contributed by atoms with van der Waals surface area (Å²) in [7, 11) is 0. The number of aliphatic hydroxyl groups is 1. The summed E-state index contributed by atoms with van der Waals surface area (Å²) < 4.78 is 2.11. The fraction of sp³-hybridized carbons (Fsp3) is 0.500. The summed E-state index contributed by atoms with van der Waals surface area (Å²) >= 11 is 0. The zero-order valence-corrected chi connectivity index (χ0v) is 18.8. The first-order chi connectivity index (χ1) is 14.4.